The summed E-state index contributed by atoms with van der Waals surface area (Å²) < 4.78 is 11.0. The van der Waals surface area contributed by atoms with Crippen molar-refractivity contribution in [2.75, 3.05) is 12.3 Å². The van der Waals surface area contributed by atoms with Gasteiger partial charge in [-0.3, -0.25) is 4.57 Å². The van der Waals surface area contributed by atoms with Gasteiger partial charge in [0.05, 0.1) is 0 Å². The van der Waals surface area contributed by atoms with Crippen LogP contribution in [-0.2, 0) is 4.57 Å². The SMILES string of the molecule is Br.CCCP(=O)(O)CCC. The van der Waals surface area contributed by atoms with E-state index in [4.69, 9.17) is 4.89 Å². The standard InChI is InChI=1S/C6H15O2P.BrH/c1-3-5-9(7,8)6-4-2;/h3-6H2,1-2H3,(H,7,8);1H. The molecule has 10 heavy (non-hydrogen) atoms. The topological polar surface area (TPSA) is 37.3 Å². The summed E-state index contributed by atoms with van der Waals surface area (Å²) in [6, 6.07) is 0. The zero-order chi connectivity index (χ0) is 7.33. The highest BCUT2D eigenvalue weighted by molar-refractivity contribution is 8.93. The van der Waals surface area contributed by atoms with Gasteiger partial charge in [0.1, 0.15) is 0 Å². The van der Waals surface area contributed by atoms with E-state index in [9.17, 15) is 4.57 Å². The van der Waals surface area contributed by atoms with Gasteiger partial charge in [-0.2, -0.15) is 0 Å². The predicted octanol–water partition coefficient (Wildman–Crippen LogP) is 2.65. The van der Waals surface area contributed by atoms with Gasteiger partial charge in [0.2, 0.25) is 7.37 Å². The maximum absolute atomic E-state index is 11.0. The molecule has 0 bridgehead atoms. The van der Waals surface area contributed by atoms with E-state index in [-0.39, 0.29) is 17.0 Å². The first kappa shape index (κ1) is 13.3. The molecule has 0 aliphatic rings. The Balaban J connectivity index is 0. The lowest BCUT2D eigenvalue weighted by Crippen LogP contribution is -1.91. The first-order valence-corrected chi connectivity index (χ1v) is 5.46. The summed E-state index contributed by atoms with van der Waals surface area (Å²) in [6.45, 7) is 3.86. The van der Waals surface area contributed by atoms with Crippen molar-refractivity contribution in [2.24, 2.45) is 0 Å². The monoisotopic (exact) mass is 230 g/mol. The minimum absolute atomic E-state index is 0. The zero-order valence-corrected chi connectivity index (χ0v) is 9.15. The van der Waals surface area contributed by atoms with Crippen LogP contribution in [0.15, 0.2) is 0 Å². The third-order valence-electron chi connectivity index (χ3n) is 1.15. The lowest BCUT2D eigenvalue weighted by atomic mass is 10.6. The fourth-order valence-corrected chi connectivity index (χ4v) is 2.43. The molecule has 0 aromatic heterocycles. The van der Waals surface area contributed by atoms with Crippen LogP contribution in [-0.4, -0.2) is 17.2 Å². The van der Waals surface area contributed by atoms with Gasteiger partial charge in [0.25, 0.3) is 0 Å². The Morgan fingerprint density at radius 3 is 1.70 bits per heavy atom. The van der Waals surface area contributed by atoms with Crippen LogP contribution in [0.25, 0.3) is 0 Å². The van der Waals surface area contributed by atoms with Crippen molar-refractivity contribution in [3.63, 3.8) is 0 Å². The maximum atomic E-state index is 11.0. The number of hydrogen-bond donors (Lipinski definition) is 1. The van der Waals surface area contributed by atoms with Gasteiger partial charge < -0.3 is 4.89 Å². The average molecular weight is 231 g/mol. The molecule has 0 aliphatic carbocycles. The Morgan fingerprint density at radius 2 is 1.50 bits per heavy atom. The van der Waals surface area contributed by atoms with Crippen molar-refractivity contribution in [1.29, 1.82) is 0 Å². The molecule has 0 saturated carbocycles. The lowest BCUT2D eigenvalue weighted by Gasteiger charge is -2.06. The molecule has 0 saturated heterocycles. The summed E-state index contributed by atoms with van der Waals surface area (Å²) in [5.41, 5.74) is 0. The van der Waals surface area contributed by atoms with Crippen LogP contribution in [0.2, 0.25) is 0 Å². The van der Waals surface area contributed by atoms with Crippen LogP contribution in [0.4, 0.5) is 0 Å². The van der Waals surface area contributed by atoms with E-state index < -0.39 is 7.37 Å². The fourth-order valence-electron chi connectivity index (χ4n) is 0.811. The van der Waals surface area contributed by atoms with Gasteiger partial charge in [0.15, 0.2) is 0 Å². The molecule has 0 fully saturated rings. The summed E-state index contributed by atoms with van der Waals surface area (Å²) >= 11 is 0. The molecule has 0 spiro atoms. The molecule has 0 aromatic carbocycles. The molecule has 0 rings (SSSR count). The molecular formula is C6H16BrO2P. The van der Waals surface area contributed by atoms with Crippen LogP contribution in [0.1, 0.15) is 26.7 Å². The molecule has 4 heteroatoms. The summed E-state index contributed by atoms with van der Waals surface area (Å²) in [5.74, 6) is 0. The van der Waals surface area contributed by atoms with E-state index in [0.29, 0.717) is 12.3 Å². The van der Waals surface area contributed by atoms with Crippen LogP contribution in [0, 0.1) is 0 Å². The highest BCUT2D eigenvalue weighted by Gasteiger charge is 2.13. The molecule has 0 amide bonds. The van der Waals surface area contributed by atoms with Gasteiger partial charge in [-0.15, -0.1) is 17.0 Å². The van der Waals surface area contributed by atoms with Gasteiger partial charge in [0, 0.05) is 12.3 Å². The van der Waals surface area contributed by atoms with Crippen molar-refractivity contribution in [1.82, 2.24) is 0 Å². The van der Waals surface area contributed by atoms with E-state index in [1.54, 1.807) is 0 Å². The molecule has 2 nitrogen and oxygen atoms in total. The van der Waals surface area contributed by atoms with Gasteiger partial charge in [-0.1, -0.05) is 13.8 Å². The predicted molar refractivity (Wildman–Crippen MR) is 50.5 cm³/mol. The smallest absolute Gasteiger partial charge is 0.200 e. The maximum Gasteiger partial charge on any atom is 0.200 e. The van der Waals surface area contributed by atoms with Crippen LogP contribution in [0.5, 0.6) is 0 Å². The highest BCUT2D eigenvalue weighted by atomic mass is 79.9. The second kappa shape index (κ2) is 6.38. The van der Waals surface area contributed by atoms with E-state index in [1.165, 1.54) is 0 Å². The molecule has 0 atom stereocenters. The van der Waals surface area contributed by atoms with Crippen molar-refractivity contribution < 1.29 is 9.46 Å². The van der Waals surface area contributed by atoms with E-state index >= 15 is 0 Å². The zero-order valence-electron chi connectivity index (χ0n) is 6.54. The number of hydrogen-bond acceptors (Lipinski definition) is 1. The van der Waals surface area contributed by atoms with Gasteiger partial charge in [-0.05, 0) is 12.8 Å². The Morgan fingerprint density at radius 1 is 1.20 bits per heavy atom. The van der Waals surface area contributed by atoms with Gasteiger partial charge >= 0.3 is 0 Å². The normalized spacial score (nSPS) is 10.7. The molecule has 0 heterocycles. The minimum Gasteiger partial charge on any atom is -0.344 e. The van der Waals surface area contributed by atoms with Crippen molar-refractivity contribution in [3.05, 3.63) is 0 Å². The second-order valence-electron chi connectivity index (χ2n) is 2.29. The molecule has 1 N–H and O–H groups in total. The average Bonchev–Trinajstić information content (AvgIpc) is 1.64. The van der Waals surface area contributed by atoms with Crippen LogP contribution >= 0.6 is 24.4 Å². The fraction of sp³-hybridized carbons (Fsp3) is 1.00. The van der Waals surface area contributed by atoms with E-state index in [1.807, 2.05) is 13.8 Å². The quantitative estimate of drug-likeness (QED) is 0.755. The molecule has 0 unspecified atom stereocenters. The highest BCUT2D eigenvalue weighted by Crippen LogP contribution is 2.41. The molecule has 64 valence electrons. The van der Waals surface area contributed by atoms with Crippen LogP contribution in [0.3, 0.4) is 0 Å². The third kappa shape index (κ3) is 6.79. The summed E-state index contributed by atoms with van der Waals surface area (Å²) in [6.07, 6.45) is 2.60. The van der Waals surface area contributed by atoms with Crippen LogP contribution < -0.4 is 0 Å². The molecule has 0 aliphatic heterocycles. The third-order valence-corrected chi connectivity index (χ3v) is 3.44. The summed E-state index contributed by atoms with van der Waals surface area (Å²) in [4.78, 5) is 9.07. The summed E-state index contributed by atoms with van der Waals surface area (Å²) in [7, 11) is -2.69. The first-order chi connectivity index (χ1) is 4.12. The number of halogens is 1. The second-order valence-corrected chi connectivity index (χ2v) is 4.88. The Labute approximate surface area is 73.2 Å². The van der Waals surface area contributed by atoms with Crippen molar-refractivity contribution in [2.45, 2.75) is 26.7 Å². The largest absolute Gasteiger partial charge is 0.344 e. The van der Waals surface area contributed by atoms with E-state index in [0.717, 1.165) is 12.8 Å². The number of rotatable bonds is 4. The van der Waals surface area contributed by atoms with Gasteiger partial charge in [-0.25, -0.2) is 0 Å². The van der Waals surface area contributed by atoms with Crippen molar-refractivity contribution in [3.8, 4) is 0 Å². The first-order valence-electron chi connectivity index (χ1n) is 3.43. The van der Waals surface area contributed by atoms with Crippen molar-refractivity contribution >= 4 is 24.4 Å². The Bertz CT molecular complexity index is 106. The summed E-state index contributed by atoms with van der Waals surface area (Å²) in [5, 5.41) is 0. The minimum atomic E-state index is -2.69. The molecule has 0 aromatic rings. The lowest BCUT2D eigenvalue weighted by molar-refractivity contribution is 0.476. The molecule has 0 radical (unpaired) electrons. The Kier molecular flexibility index (Phi) is 8.47. The van der Waals surface area contributed by atoms with E-state index in [2.05, 4.69) is 0 Å². The Hall–Kier alpha value is 0.670. The molecular weight excluding hydrogens is 215 g/mol.